The van der Waals surface area contributed by atoms with Crippen LogP contribution in [0.5, 0.6) is 5.75 Å². The number of hydrogen-bond donors (Lipinski definition) is 2. The topological polar surface area (TPSA) is 102 Å². The molecule has 7 rings (SSSR count). The van der Waals surface area contributed by atoms with Gasteiger partial charge in [0.2, 0.25) is 5.91 Å². The van der Waals surface area contributed by atoms with E-state index in [4.69, 9.17) is 16.3 Å². The Hall–Kier alpha value is -3.05. The highest BCUT2D eigenvalue weighted by Crippen LogP contribution is 2.49. The number of carbonyl (C=O) groups is 2. The van der Waals surface area contributed by atoms with Gasteiger partial charge in [-0.05, 0) is 123 Å². The summed E-state index contributed by atoms with van der Waals surface area (Å²) < 4.78 is 23.5. The van der Waals surface area contributed by atoms with E-state index in [9.17, 15) is 18.9 Å². The van der Waals surface area contributed by atoms with E-state index in [1.165, 1.54) is 17.2 Å². The predicted octanol–water partition coefficient (Wildman–Crippen LogP) is 5.47. The van der Waals surface area contributed by atoms with E-state index in [1.807, 2.05) is 30.0 Å². The van der Waals surface area contributed by atoms with Gasteiger partial charge in [0.1, 0.15) is 5.75 Å². The zero-order valence-corrected chi connectivity index (χ0v) is 32.4. The average molecular weight is 751 g/mol. The molecule has 2 aromatic carbocycles. The molecule has 7 atom stereocenters. The number of rotatable bonds is 3. The zero-order valence-electron chi connectivity index (χ0n) is 30.8. The predicted molar refractivity (Wildman–Crippen MR) is 210 cm³/mol. The number of carbonyl (C=O) groups excluding carboxylic acids is 2. The molecule has 2 amide bonds. The molecule has 1 spiro atoms. The third kappa shape index (κ3) is 7.25. The Kier molecular flexibility index (Phi) is 10.5. The maximum absolute atomic E-state index is 14.0. The molecule has 2 N–H and O–H groups in total. The molecule has 9 nitrogen and oxygen atoms in total. The number of amides is 2. The molecular weight excluding hydrogens is 696 g/mol. The molecule has 282 valence electrons. The number of anilines is 1. The van der Waals surface area contributed by atoms with Crippen molar-refractivity contribution in [3.8, 4) is 5.75 Å². The quantitative estimate of drug-likeness (QED) is 0.317. The number of hydrogen-bond acceptors (Lipinski definition) is 7. The minimum absolute atomic E-state index is 0.0217. The van der Waals surface area contributed by atoms with Crippen molar-refractivity contribution in [1.82, 2.24) is 14.5 Å². The summed E-state index contributed by atoms with van der Waals surface area (Å²) in [5, 5.41) is 13.2. The van der Waals surface area contributed by atoms with Crippen molar-refractivity contribution in [3.05, 3.63) is 70.8 Å². The van der Waals surface area contributed by atoms with Crippen molar-refractivity contribution in [2.24, 2.45) is 17.8 Å². The number of β-amino-alcohol motifs (C(OH)–C–C–N with tert-alkyl or cyclic N) is 1. The second kappa shape index (κ2) is 14.6. The van der Waals surface area contributed by atoms with Gasteiger partial charge < -0.3 is 19.6 Å². The standard InChI is InChI=1S/C41H55ClN4O5S/c1-5-38(47)45-20-18-44(19-21-45)26-41(49)17-6-8-28(2)29(3)52(4,50)43-39(48)31-11-15-37-36(23-31)46(24-32-10-13-35(32)41)25-40(27-51-37)16-7-9-30-22-33(42)12-14-34(30)40/h5,11-12,14-15,22-23,28-29,32,35,49H,1,4,6-10,13,16-21,24-27H2,2-3H3,(H,43,48,50)/t28-,29+,32-,35+,40-,41-,52?/m0/s1. The van der Waals surface area contributed by atoms with E-state index in [0.29, 0.717) is 57.9 Å². The van der Waals surface area contributed by atoms with Crippen LogP contribution < -0.4 is 14.4 Å². The van der Waals surface area contributed by atoms with Gasteiger partial charge in [-0.3, -0.25) is 19.2 Å². The fraction of sp³-hybridized carbons (Fsp3) is 0.585. The van der Waals surface area contributed by atoms with Crippen LogP contribution in [0.4, 0.5) is 5.69 Å². The largest absolute Gasteiger partial charge is 0.490 e. The van der Waals surface area contributed by atoms with Crippen LogP contribution in [0.15, 0.2) is 49.1 Å². The van der Waals surface area contributed by atoms with Gasteiger partial charge in [-0.2, -0.15) is 0 Å². The summed E-state index contributed by atoms with van der Waals surface area (Å²) in [5.41, 5.74) is 2.63. The first-order valence-corrected chi connectivity index (χ1v) is 21.3. The van der Waals surface area contributed by atoms with Crippen LogP contribution in [0.2, 0.25) is 5.02 Å². The summed E-state index contributed by atoms with van der Waals surface area (Å²) >= 11 is 6.49. The number of fused-ring (bicyclic) bond motifs is 4. The molecule has 52 heavy (non-hydrogen) atoms. The number of aliphatic hydroxyl groups is 1. The lowest BCUT2D eigenvalue weighted by molar-refractivity contribution is -0.130. The molecule has 2 bridgehead atoms. The summed E-state index contributed by atoms with van der Waals surface area (Å²) in [5.74, 6) is 4.68. The molecule has 2 aromatic rings. The number of aryl methyl sites for hydroxylation is 1. The minimum atomic E-state index is -2.98. The van der Waals surface area contributed by atoms with E-state index in [0.717, 1.165) is 68.0 Å². The third-order valence-electron chi connectivity index (χ3n) is 13.2. The SMILES string of the molecule is C=CC(=O)N1CCN(C[C@@]2(O)CCC[C@H](C)[C@@H](C)S(=C)(=O)NC(=O)c3ccc4c(c3)N(C[C@@H]3CC[C@H]32)C[C@@]2(CCCc3cc(Cl)ccc32)CO4)CC1. The second-order valence-corrected chi connectivity index (χ2v) is 19.2. The Morgan fingerprint density at radius 2 is 1.88 bits per heavy atom. The highest BCUT2D eigenvalue weighted by Gasteiger charge is 2.49. The van der Waals surface area contributed by atoms with Crippen molar-refractivity contribution in [2.45, 2.75) is 81.5 Å². The van der Waals surface area contributed by atoms with Crippen LogP contribution >= 0.6 is 11.6 Å². The summed E-state index contributed by atoms with van der Waals surface area (Å²) in [6.45, 7) is 12.8. The fourth-order valence-corrected chi connectivity index (χ4v) is 11.4. The normalized spacial score (nSPS) is 34.2. The molecule has 3 aliphatic heterocycles. The molecule has 1 saturated carbocycles. The van der Waals surface area contributed by atoms with Crippen molar-refractivity contribution in [2.75, 3.05) is 57.3 Å². The highest BCUT2D eigenvalue weighted by atomic mass is 35.5. The lowest BCUT2D eigenvalue weighted by Crippen LogP contribution is -2.59. The van der Waals surface area contributed by atoms with Crippen LogP contribution in [0.25, 0.3) is 0 Å². The first kappa shape index (κ1) is 37.3. The van der Waals surface area contributed by atoms with Crippen LogP contribution in [0.1, 0.15) is 80.3 Å². The Bertz CT molecular complexity index is 1810. The number of nitrogens with one attached hydrogen (secondary N) is 1. The molecule has 1 unspecified atom stereocenters. The van der Waals surface area contributed by atoms with Crippen LogP contribution in [-0.4, -0.2) is 100 Å². The lowest BCUT2D eigenvalue weighted by Gasteiger charge is -2.52. The number of ether oxygens (including phenoxy) is 1. The van der Waals surface area contributed by atoms with Crippen LogP contribution in [0.3, 0.4) is 0 Å². The van der Waals surface area contributed by atoms with Gasteiger partial charge in [-0.25, -0.2) is 4.21 Å². The van der Waals surface area contributed by atoms with Crippen molar-refractivity contribution in [3.63, 3.8) is 0 Å². The molecule has 3 heterocycles. The van der Waals surface area contributed by atoms with E-state index >= 15 is 0 Å². The van der Waals surface area contributed by atoms with Gasteiger partial charge in [0.25, 0.3) is 5.91 Å². The Morgan fingerprint density at radius 1 is 1.10 bits per heavy atom. The summed E-state index contributed by atoms with van der Waals surface area (Å²) in [6.07, 6.45) is 8.47. The van der Waals surface area contributed by atoms with E-state index in [-0.39, 0.29) is 34.3 Å². The summed E-state index contributed by atoms with van der Waals surface area (Å²) in [6, 6.07) is 11.8. The van der Waals surface area contributed by atoms with Crippen LogP contribution in [-0.2, 0) is 26.3 Å². The van der Waals surface area contributed by atoms with Crippen molar-refractivity contribution >= 4 is 44.7 Å². The summed E-state index contributed by atoms with van der Waals surface area (Å²) in [7, 11) is -2.98. The van der Waals surface area contributed by atoms with Gasteiger partial charge in [-0.15, -0.1) is 0 Å². The second-order valence-electron chi connectivity index (χ2n) is 16.4. The number of halogens is 1. The van der Waals surface area contributed by atoms with Crippen molar-refractivity contribution < 1.29 is 23.6 Å². The highest BCUT2D eigenvalue weighted by molar-refractivity contribution is 7.99. The lowest BCUT2D eigenvalue weighted by atomic mass is 9.62. The van der Waals surface area contributed by atoms with E-state index in [1.54, 1.807) is 6.07 Å². The Labute approximate surface area is 314 Å². The fourth-order valence-electron chi connectivity index (χ4n) is 9.71. The van der Waals surface area contributed by atoms with Gasteiger partial charge >= 0.3 is 0 Å². The number of benzene rings is 2. The van der Waals surface area contributed by atoms with Gasteiger partial charge in [0.15, 0.2) is 0 Å². The zero-order chi connectivity index (χ0) is 36.8. The molecule has 2 aliphatic carbocycles. The van der Waals surface area contributed by atoms with Crippen LogP contribution in [0, 0.1) is 17.8 Å². The molecular formula is C41H55ClN4O5S. The first-order valence-electron chi connectivity index (χ1n) is 19.2. The number of piperazine rings is 1. The number of nitrogens with zero attached hydrogens (tertiary/aromatic N) is 3. The molecule has 5 aliphatic rings. The van der Waals surface area contributed by atoms with E-state index < -0.39 is 21.2 Å². The maximum Gasteiger partial charge on any atom is 0.262 e. The Balaban J connectivity index is 1.25. The minimum Gasteiger partial charge on any atom is -0.490 e. The molecule has 0 radical (unpaired) electrons. The van der Waals surface area contributed by atoms with Gasteiger partial charge in [-0.1, -0.05) is 37.6 Å². The third-order valence-corrected chi connectivity index (χ3v) is 15.6. The van der Waals surface area contributed by atoms with Gasteiger partial charge in [0.05, 0.1) is 27.6 Å². The monoisotopic (exact) mass is 750 g/mol. The van der Waals surface area contributed by atoms with E-state index in [2.05, 4.69) is 46.0 Å². The van der Waals surface area contributed by atoms with Gasteiger partial charge in [0, 0.05) is 67.1 Å². The maximum atomic E-state index is 14.0. The smallest absolute Gasteiger partial charge is 0.262 e. The molecule has 0 aromatic heterocycles. The van der Waals surface area contributed by atoms with Crippen molar-refractivity contribution in [1.29, 1.82) is 0 Å². The molecule has 11 heteroatoms. The average Bonchev–Trinajstić information content (AvgIpc) is 3.25. The molecule has 2 fully saturated rings. The Morgan fingerprint density at radius 3 is 2.62 bits per heavy atom. The summed E-state index contributed by atoms with van der Waals surface area (Å²) in [4.78, 5) is 32.6. The first-order chi connectivity index (χ1) is 24.8. The molecule has 1 saturated heterocycles.